The van der Waals surface area contributed by atoms with Crippen molar-refractivity contribution in [1.82, 2.24) is 0 Å². The van der Waals surface area contributed by atoms with Gasteiger partial charge in [0.15, 0.2) is 0 Å². The topological polar surface area (TPSA) is 96.0 Å². The molecule has 7 nitrogen and oxygen atoms in total. The molecule has 0 aromatic carbocycles. The zero-order chi connectivity index (χ0) is 27.4. The van der Waals surface area contributed by atoms with Gasteiger partial charge in [0.1, 0.15) is 11.2 Å². The fourth-order valence-corrected chi connectivity index (χ4v) is 7.98. The van der Waals surface area contributed by atoms with Crippen LogP contribution in [0.5, 0.6) is 0 Å². The molecule has 0 N–H and O–H groups in total. The third kappa shape index (κ3) is 9.06. The number of cyclic esters (lactones) is 2. The van der Waals surface area contributed by atoms with Crippen molar-refractivity contribution in [2.24, 2.45) is 34.0 Å². The summed E-state index contributed by atoms with van der Waals surface area (Å²) in [5, 5.41) is 0. The molecule has 1 aliphatic heterocycles. The van der Waals surface area contributed by atoms with Gasteiger partial charge in [-0.05, 0) is 117 Å². The number of carbonyl (C=O) groups is 4. The number of hydrogen-bond acceptors (Lipinski definition) is 7. The molecule has 5 aliphatic rings. The van der Waals surface area contributed by atoms with Gasteiger partial charge >= 0.3 is 23.9 Å². The second-order valence-electron chi connectivity index (χ2n) is 14.3. The molecule has 4 aliphatic carbocycles. The lowest BCUT2D eigenvalue weighted by atomic mass is 9.54. The standard InChI is InChI=1S/C30H46O7.6CH4/c1-8-26(3,4)36-25(34)29(7,18-28(6)16-22(31)35-23(28)32)17-27(5,9-2)24(33)37-30-13-19-10-20(14-30)12-21(11-19)15-30;;;;;;/h19-21H,8-18H2,1-7H3;6*1H4. The van der Waals surface area contributed by atoms with Crippen LogP contribution in [-0.4, -0.2) is 35.1 Å². The average Bonchev–Trinajstić information content (AvgIpc) is 3.02. The molecule has 5 rings (SSSR count). The van der Waals surface area contributed by atoms with E-state index in [9.17, 15) is 19.2 Å². The van der Waals surface area contributed by atoms with E-state index in [0.29, 0.717) is 30.6 Å². The van der Waals surface area contributed by atoms with Gasteiger partial charge in [0.2, 0.25) is 0 Å². The van der Waals surface area contributed by atoms with Crippen molar-refractivity contribution < 1.29 is 33.4 Å². The molecule has 43 heavy (non-hydrogen) atoms. The lowest BCUT2D eigenvalue weighted by molar-refractivity contribution is -0.200. The van der Waals surface area contributed by atoms with Crippen LogP contribution in [0, 0.1) is 34.0 Å². The first-order chi connectivity index (χ1) is 17.0. The van der Waals surface area contributed by atoms with Gasteiger partial charge in [-0.25, -0.2) is 0 Å². The summed E-state index contributed by atoms with van der Waals surface area (Å²) in [5.41, 5.74) is -4.38. The molecule has 1 saturated heterocycles. The van der Waals surface area contributed by atoms with Crippen LogP contribution in [0.3, 0.4) is 0 Å². The maximum absolute atomic E-state index is 13.9. The molecular weight excluding hydrogens is 544 g/mol. The third-order valence-corrected chi connectivity index (χ3v) is 10.1. The Bertz CT molecular complexity index is 933. The Labute approximate surface area is 266 Å². The summed E-state index contributed by atoms with van der Waals surface area (Å²) >= 11 is 0. The highest BCUT2D eigenvalue weighted by Gasteiger charge is 2.57. The maximum atomic E-state index is 13.9. The summed E-state index contributed by atoms with van der Waals surface area (Å²) in [6, 6.07) is 0. The molecule has 256 valence electrons. The number of esters is 4. The minimum absolute atomic E-state index is 0. The summed E-state index contributed by atoms with van der Waals surface area (Å²) in [7, 11) is 0. The first kappa shape index (κ1) is 45.5. The van der Waals surface area contributed by atoms with Gasteiger partial charge in [-0.3, -0.25) is 19.2 Å². The molecular formula is C36H70O7. The largest absolute Gasteiger partial charge is 0.459 e. The lowest BCUT2D eigenvalue weighted by Crippen LogP contribution is -2.54. The highest BCUT2D eigenvalue weighted by atomic mass is 16.6. The molecule has 1 heterocycles. The van der Waals surface area contributed by atoms with Crippen molar-refractivity contribution in [2.45, 2.75) is 175 Å². The summed E-state index contributed by atoms with van der Waals surface area (Å²) in [5.74, 6) is 0.00566. The van der Waals surface area contributed by atoms with Crippen LogP contribution in [0.25, 0.3) is 0 Å². The minimum atomic E-state index is -1.20. The molecule has 0 radical (unpaired) electrons. The molecule has 0 aromatic heterocycles. The van der Waals surface area contributed by atoms with E-state index in [-0.39, 0.29) is 75.4 Å². The van der Waals surface area contributed by atoms with E-state index < -0.39 is 39.8 Å². The minimum Gasteiger partial charge on any atom is -0.459 e. The summed E-state index contributed by atoms with van der Waals surface area (Å²) in [4.78, 5) is 52.3. The van der Waals surface area contributed by atoms with Crippen LogP contribution in [0.4, 0.5) is 0 Å². The highest BCUT2D eigenvalue weighted by molar-refractivity contribution is 5.97. The van der Waals surface area contributed by atoms with Gasteiger partial charge in [-0.2, -0.15) is 0 Å². The monoisotopic (exact) mass is 615 g/mol. The van der Waals surface area contributed by atoms with Gasteiger partial charge in [-0.1, -0.05) is 58.4 Å². The van der Waals surface area contributed by atoms with Crippen LogP contribution in [0.1, 0.15) is 164 Å². The number of ether oxygens (including phenoxy) is 3. The molecule has 0 spiro atoms. The molecule has 5 fully saturated rings. The van der Waals surface area contributed by atoms with Gasteiger partial charge in [0.25, 0.3) is 0 Å². The van der Waals surface area contributed by atoms with Gasteiger partial charge < -0.3 is 14.2 Å². The maximum Gasteiger partial charge on any atom is 0.320 e. The Morgan fingerprint density at radius 2 is 1.26 bits per heavy atom. The summed E-state index contributed by atoms with van der Waals surface area (Å²) in [6.45, 7) is 12.9. The number of hydrogen-bond donors (Lipinski definition) is 0. The molecule has 0 aromatic rings. The first-order valence-electron chi connectivity index (χ1n) is 14.3. The number of rotatable bonds is 10. The molecule has 4 bridgehead atoms. The van der Waals surface area contributed by atoms with E-state index in [0.717, 1.165) is 19.3 Å². The van der Waals surface area contributed by atoms with E-state index in [1.54, 1.807) is 13.8 Å². The van der Waals surface area contributed by atoms with Crippen LogP contribution in [0.15, 0.2) is 0 Å². The predicted octanol–water partition coefficient (Wildman–Crippen LogP) is 9.73. The van der Waals surface area contributed by atoms with Gasteiger partial charge in [0.05, 0.1) is 22.7 Å². The van der Waals surface area contributed by atoms with Crippen molar-refractivity contribution in [2.75, 3.05) is 0 Å². The average molecular weight is 615 g/mol. The molecule has 4 saturated carbocycles. The molecule has 0 amide bonds. The smallest absolute Gasteiger partial charge is 0.320 e. The van der Waals surface area contributed by atoms with Crippen molar-refractivity contribution in [3.63, 3.8) is 0 Å². The van der Waals surface area contributed by atoms with Crippen LogP contribution < -0.4 is 0 Å². The third-order valence-electron chi connectivity index (χ3n) is 10.1. The molecule has 3 unspecified atom stereocenters. The van der Waals surface area contributed by atoms with E-state index in [4.69, 9.17) is 14.2 Å². The quantitative estimate of drug-likeness (QED) is 0.137. The first-order valence-corrected chi connectivity index (χ1v) is 14.3. The molecule has 3 atom stereocenters. The van der Waals surface area contributed by atoms with E-state index in [1.165, 1.54) is 19.3 Å². The van der Waals surface area contributed by atoms with E-state index in [1.807, 2.05) is 34.6 Å². The summed E-state index contributed by atoms with van der Waals surface area (Å²) < 4.78 is 17.3. The Balaban J connectivity index is -0.00000267. The Morgan fingerprint density at radius 3 is 1.63 bits per heavy atom. The zero-order valence-electron chi connectivity index (χ0n) is 23.9. The van der Waals surface area contributed by atoms with Crippen molar-refractivity contribution in [3.05, 3.63) is 0 Å². The second kappa shape index (κ2) is 15.4. The van der Waals surface area contributed by atoms with Gasteiger partial charge in [-0.15, -0.1) is 0 Å². The van der Waals surface area contributed by atoms with E-state index >= 15 is 0 Å². The lowest BCUT2D eigenvalue weighted by Gasteiger charge is -2.56. The van der Waals surface area contributed by atoms with Crippen molar-refractivity contribution >= 4 is 23.9 Å². The number of carbonyl (C=O) groups excluding carboxylic acids is 4. The fraction of sp³-hybridized carbons (Fsp3) is 0.889. The van der Waals surface area contributed by atoms with Crippen molar-refractivity contribution in [1.29, 1.82) is 0 Å². The van der Waals surface area contributed by atoms with E-state index in [2.05, 4.69) is 0 Å². The second-order valence-corrected chi connectivity index (χ2v) is 14.3. The normalized spacial score (nSPS) is 31.0. The summed E-state index contributed by atoms with van der Waals surface area (Å²) in [6.07, 6.45) is 7.84. The Morgan fingerprint density at radius 1 is 0.791 bits per heavy atom. The fourth-order valence-electron chi connectivity index (χ4n) is 7.98. The van der Waals surface area contributed by atoms with Crippen LogP contribution in [0.2, 0.25) is 0 Å². The van der Waals surface area contributed by atoms with Gasteiger partial charge in [0, 0.05) is 0 Å². The zero-order valence-corrected chi connectivity index (χ0v) is 23.9. The highest BCUT2D eigenvalue weighted by Crippen LogP contribution is 2.58. The Kier molecular flexibility index (Phi) is 16.3. The molecule has 7 heteroatoms. The predicted molar refractivity (Wildman–Crippen MR) is 177 cm³/mol. The SMILES string of the molecule is C.C.C.C.C.C.CCC(C)(C)OC(=O)C(C)(CC1(C)CC(=O)OC1=O)CC(C)(CC)C(=O)OC12CC3CC(CC(C3)C1)C2. The van der Waals surface area contributed by atoms with Crippen LogP contribution in [-0.2, 0) is 33.4 Å². The van der Waals surface area contributed by atoms with Crippen LogP contribution >= 0.6 is 0 Å². The Hall–Kier alpha value is -1.92. The van der Waals surface area contributed by atoms with Crippen molar-refractivity contribution in [3.8, 4) is 0 Å².